The Bertz CT molecular complexity index is 364. The van der Waals surface area contributed by atoms with E-state index in [1.807, 2.05) is 0 Å². The SMILES string of the molecule is Cc1ccc(C)c(CC(Cl)C2CCCCC2)c1. The van der Waals surface area contributed by atoms with Crippen LogP contribution in [0.1, 0.15) is 48.8 Å². The van der Waals surface area contributed by atoms with E-state index in [0.29, 0.717) is 5.38 Å². The first kappa shape index (κ1) is 13.0. The summed E-state index contributed by atoms with van der Waals surface area (Å²) in [7, 11) is 0. The van der Waals surface area contributed by atoms with Crippen LogP contribution in [0.2, 0.25) is 0 Å². The van der Waals surface area contributed by atoms with Gasteiger partial charge in [0.15, 0.2) is 0 Å². The summed E-state index contributed by atoms with van der Waals surface area (Å²) in [5.74, 6) is 0.741. The van der Waals surface area contributed by atoms with E-state index in [0.717, 1.165) is 12.3 Å². The normalized spacial score (nSPS) is 19.2. The standard InChI is InChI=1S/C16H23Cl/c1-12-8-9-13(2)15(10-12)11-16(17)14-6-4-3-5-7-14/h8-10,14,16H,3-7,11H2,1-2H3. The Morgan fingerprint density at radius 1 is 1.18 bits per heavy atom. The lowest BCUT2D eigenvalue weighted by atomic mass is 9.84. The van der Waals surface area contributed by atoms with Crippen molar-refractivity contribution >= 4 is 11.6 Å². The number of halogens is 1. The van der Waals surface area contributed by atoms with Crippen LogP contribution in [0.25, 0.3) is 0 Å². The van der Waals surface area contributed by atoms with E-state index in [2.05, 4.69) is 32.0 Å². The second-order valence-electron chi connectivity index (χ2n) is 5.55. The number of hydrogen-bond acceptors (Lipinski definition) is 0. The highest BCUT2D eigenvalue weighted by atomic mass is 35.5. The Balaban J connectivity index is 2.01. The number of aryl methyl sites for hydroxylation is 2. The minimum atomic E-state index is 0.329. The lowest BCUT2D eigenvalue weighted by Crippen LogP contribution is -2.20. The Labute approximate surface area is 110 Å². The molecule has 1 atom stereocenters. The van der Waals surface area contributed by atoms with Gasteiger partial charge in [0, 0.05) is 5.38 Å². The van der Waals surface area contributed by atoms with Crippen molar-refractivity contribution < 1.29 is 0 Å². The van der Waals surface area contributed by atoms with Gasteiger partial charge in [-0.25, -0.2) is 0 Å². The van der Waals surface area contributed by atoms with Gasteiger partial charge in [0.25, 0.3) is 0 Å². The minimum absolute atomic E-state index is 0.329. The maximum Gasteiger partial charge on any atom is 0.0404 e. The predicted octanol–water partition coefficient (Wildman–Crippen LogP) is 5.03. The third-order valence-electron chi connectivity index (χ3n) is 4.08. The van der Waals surface area contributed by atoms with E-state index >= 15 is 0 Å². The predicted molar refractivity (Wildman–Crippen MR) is 75.8 cm³/mol. The minimum Gasteiger partial charge on any atom is -0.122 e. The van der Waals surface area contributed by atoms with Crippen LogP contribution in [0, 0.1) is 19.8 Å². The molecule has 1 fully saturated rings. The molecule has 0 saturated heterocycles. The molecule has 1 aliphatic carbocycles. The summed E-state index contributed by atoms with van der Waals surface area (Å²) in [5, 5.41) is 0.329. The summed E-state index contributed by atoms with van der Waals surface area (Å²) in [4.78, 5) is 0. The molecule has 94 valence electrons. The molecule has 2 rings (SSSR count). The summed E-state index contributed by atoms with van der Waals surface area (Å²) in [6.45, 7) is 4.35. The lowest BCUT2D eigenvalue weighted by Gasteiger charge is -2.26. The van der Waals surface area contributed by atoms with Gasteiger partial charge in [0.05, 0.1) is 0 Å². The molecule has 1 saturated carbocycles. The lowest BCUT2D eigenvalue weighted by molar-refractivity contribution is 0.344. The molecule has 1 aliphatic rings. The second-order valence-corrected chi connectivity index (χ2v) is 6.11. The first-order chi connectivity index (χ1) is 8.16. The van der Waals surface area contributed by atoms with Crippen LogP contribution >= 0.6 is 11.6 Å². The maximum atomic E-state index is 6.62. The highest BCUT2D eigenvalue weighted by Gasteiger charge is 2.22. The van der Waals surface area contributed by atoms with Crippen molar-refractivity contribution in [1.29, 1.82) is 0 Å². The van der Waals surface area contributed by atoms with Gasteiger partial charge >= 0.3 is 0 Å². The number of hydrogen-bond donors (Lipinski definition) is 0. The van der Waals surface area contributed by atoms with Crippen LogP contribution < -0.4 is 0 Å². The monoisotopic (exact) mass is 250 g/mol. The van der Waals surface area contributed by atoms with Gasteiger partial charge in [-0.3, -0.25) is 0 Å². The summed E-state index contributed by atoms with van der Waals surface area (Å²) in [6.07, 6.45) is 7.86. The number of rotatable bonds is 3. The van der Waals surface area contributed by atoms with Gasteiger partial charge in [-0.05, 0) is 50.2 Å². The fourth-order valence-corrected chi connectivity index (χ4v) is 3.31. The molecular formula is C16H23Cl. The van der Waals surface area contributed by atoms with Gasteiger partial charge < -0.3 is 0 Å². The van der Waals surface area contributed by atoms with E-state index in [-0.39, 0.29) is 0 Å². The topological polar surface area (TPSA) is 0 Å². The van der Waals surface area contributed by atoms with E-state index in [1.165, 1.54) is 48.8 Å². The molecule has 0 spiro atoms. The molecule has 0 nitrogen and oxygen atoms in total. The summed E-state index contributed by atoms with van der Waals surface area (Å²) < 4.78 is 0. The molecule has 0 aromatic heterocycles. The van der Waals surface area contributed by atoms with Crippen LogP contribution in [0.5, 0.6) is 0 Å². The third-order valence-corrected chi connectivity index (χ3v) is 4.59. The first-order valence-electron chi connectivity index (χ1n) is 6.87. The largest absolute Gasteiger partial charge is 0.122 e. The quantitative estimate of drug-likeness (QED) is 0.660. The molecule has 0 amide bonds. The van der Waals surface area contributed by atoms with Crippen LogP contribution in [-0.4, -0.2) is 5.38 Å². The Morgan fingerprint density at radius 3 is 2.59 bits per heavy atom. The molecule has 1 unspecified atom stereocenters. The molecule has 1 heteroatoms. The molecule has 17 heavy (non-hydrogen) atoms. The van der Waals surface area contributed by atoms with E-state index in [1.54, 1.807) is 0 Å². The van der Waals surface area contributed by atoms with Gasteiger partial charge in [0.2, 0.25) is 0 Å². The smallest absolute Gasteiger partial charge is 0.0404 e. The molecule has 0 radical (unpaired) electrons. The van der Waals surface area contributed by atoms with E-state index < -0.39 is 0 Å². The third kappa shape index (κ3) is 3.48. The Hall–Kier alpha value is -0.490. The Kier molecular flexibility index (Phi) is 4.50. The first-order valence-corrected chi connectivity index (χ1v) is 7.30. The number of benzene rings is 1. The van der Waals surface area contributed by atoms with Gasteiger partial charge in [-0.1, -0.05) is 43.0 Å². The van der Waals surface area contributed by atoms with E-state index in [4.69, 9.17) is 11.6 Å². The molecule has 0 heterocycles. The summed E-state index contributed by atoms with van der Waals surface area (Å²) >= 11 is 6.62. The fraction of sp³-hybridized carbons (Fsp3) is 0.625. The number of alkyl halides is 1. The van der Waals surface area contributed by atoms with Gasteiger partial charge in [0.1, 0.15) is 0 Å². The maximum absolute atomic E-state index is 6.62. The molecular weight excluding hydrogens is 228 g/mol. The average molecular weight is 251 g/mol. The van der Waals surface area contributed by atoms with Crippen molar-refractivity contribution in [3.05, 3.63) is 34.9 Å². The molecule has 1 aromatic rings. The molecule has 0 bridgehead atoms. The van der Waals surface area contributed by atoms with Crippen molar-refractivity contribution in [2.24, 2.45) is 5.92 Å². The van der Waals surface area contributed by atoms with Crippen LogP contribution in [0.15, 0.2) is 18.2 Å². The second kappa shape index (κ2) is 5.91. The molecule has 0 aliphatic heterocycles. The zero-order valence-corrected chi connectivity index (χ0v) is 11.8. The van der Waals surface area contributed by atoms with Crippen molar-refractivity contribution in [2.75, 3.05) is 0 Å². The zero-order valence-electron chi connectivity index (χ0n) is 11.0. The summed E-state index contributed by atoms with van der Waals surface area (Å²) in [5.41, 5.74) is 4.17. The zero-order chi connectivity index (χ0) is 12.3. The van der Waals surface area contributed by atoms with Crippen molar-refractivity contribution in [3.8, 4) is 0 Å². The van der Waals surface area contributed by atoms with Crippen LogP contribution in [-0.2, 0) is 6.42 Å². The Morgan fingerprint density at radius 2 is 1.88 bits per heavy atom. The fourth-order valence-electron chi connectivity index (χ4n) is 2.89. The molecule has 0 N–H and O–H groups in total. The van der Waals surface area contributed by atoms with E-state index in [9.17, 15) is 0 Å². The summed E-state index contributed by atoms with van der Waals surface area (Å²) in [6, 6.07) is 6.70. The van der Waals surface area contributed by atoms with Crippen LogP contribution in [0.4, 0.5) is 0 Å². The average Bonchev–Trinajstić information content (AvgIpc) is 2.35. The van der Waals surface area contributed by atoms with Crippen molar-refractivity contribution in [1.82, 2.24) is 0 Å². The van der Waals surface area contributed by atoms with Crippen molar-refractivity contribution in [3.63, 3.8) is 0 Å². The highest BCUT2D eigenvalue weighted by molar-refractivity contribution is 6.20. The molecule has 1 aromatic carbocycles. The van der Waals surface area contributed by atoms with Crippen LogP contribution in [0.3, 0.4) is 0 Å². The highest BCUT2D eigenvalue weighted by Crippen LogP contribution is 2.31. The van der Waals surface area contributed by atoms with Gasteiger partial charge in [-0.2, -0.15) is 0 Å². The van der Waals surface area contributed by atoms with Gasteiger partial charge in [-0.15, -0.1) is 11.6 Å². The van der Waals surface area contributed by atoms with Crippen molar-refractivity contribution in [2.45, 2.75) is 57.7 Å².